The van der Waals surface area contributed by atoms with Gasteiger partial charge in [-0.25, -0.2) is 0 Å². The van der Waals surface area contributed by atoms with Crippen LogP contribution >= 0.6 is 7.60 Å². The van der Waals surface area contributed by atoms with E-state index < -0.39 is 13.0 Å². The van der Waals surface area contributed by atoms with Gasteiger partial charge in [0.1, 0.15) is 0 Å². The van der Waals surface area contributed by atoms with Crippen LogP contribution < -0.4 is 0 Å². The maximum absolute atomic E-state index is 12.5. The zero-order valence-corrected chi connectivity index (χ0v) is 17.8. The van der Waals surface area contributed by atoms with Gasteiger partial charge in [0, 0.05) is 14.2 Å². The molecule has 2 atom stereocenters. The van der Waals surface area contributed by atoms with E-state index in [1.807, 2.05) is 27.7 Å². The van der Waals surface area contributed by atoms with E-state index in [9.17, 15) is 9.36 Å². The first-order valence-electron chi connectivity index (χ1n) is 8.72. The van der Waals surface area contributed by atoms with Gasteiger partial charge in [-0.2, -0.15) is 0 Å². The summed E-state index contributed by atoms with van der Waals surface area (Å²) in [5, 5.41) is 0. The Morgan fingerprint density at radius 1 is 1.28 bits per heavy atom. The van der Waals surface area contributed by atoms with Gasteiger partial charge in [0.2, 0.25) is 0 Å². The van der Waals surface area contributed by atoms with Crippen LogP contribution in [0.1, 0.15) is 60.3 Å². The Kier molecular flexibility index (Phi) is 10.6. The molecule has 0 aliphatic heterocycles. The lowest BCUT2D eigenvalue weighted by molar-refractivity contribution is -0.153. The topological polar surface area (TPSA) is 61.8 Å². The molecule has 0 aromatic heterocycles. The van der Waals surface area contributed by atoms with Crippen molar-refractivity contribution < 1.29 is 23.1 Å². The lowest BCUT2D eigenvalue weighted by Gasteiger charge is -2.27. The Balaban J connectivity index is 4.77. The second kappa shape index (κ2) is 10.9. The first-order chi connectivity index (χ1) is 11.5. The molecule has 5 nitrogen and oxygen atoms in total. The number of hydrogen-bond acceptors (Lipinski definition) is 5. The van der Waals surface area contributed by atoms with Gasteiger partial charge < -0.3 is 13.8 Å². The summed E-state index contributed by atoms with van der Waals surface area (Å²) in [4.78, 5) is 12.5. The van der Waals surface area contributed by atoms with Crippen LogP contribution in [-0.2, 0) is 23.1 Å². The van der Waals surface area contributed by atoms with E-state index in [2.05, 4.69) is 19.6 Å². The van der Waals surface area contributed by atoms with Crippen molar-refractivity contribution >= 4 is 13.6 Å². The van der Waals surface area contributed by atoms with Crippen molar-refractivity contribution in [3.8, 4) is 0 Å². The van der Waals surface area contributed by atoms with Crippen molar-refractivity contribution in [2.24, 2.45) is 11.3 Å². The fourth-order valence-corrected chi connectivity index (χ4v) is 2.98. The molecule has 0 aliphatic carbocycles. The normalized spacial score (nSPS) is 16.2. The van der Waals surface area contributed by atoms with Crippen molar-refractivity contribution in [1.29, 1.82) is 0 Å². The van der Waals surface area contributed by atoms with Crippen molar-refractivity contribution in [3.63, 3.8) is 0 Å². The zero-order valence-electron chi connectivity index (χ0n) is 16.9. The third-order valence-electron chi connectivity index (χ3n) is 4.79. The van der Waals surface area contributed by atoms with Crippen LogP contribution in [0.25, 0.3) is 0 Å². The van der Waals surface area contributed by atoms with Crippen molar-refractivity contribution in [2.45, 2.75) is 60.3 Å². The van der Waals surface area contributed by atoms with Gasteiger partial charge in [0.15, 0.2) is 6.35 Å². The van der Waals surface area contributed by atoms with Gasteiger partial charge in [-0.3, -0.25) is 9.36 Å². The van der Waals surface area contributed by atoms with Crippen molar-refractivity contribution in [3.05, 3.63) is 23.8 Å². The summed E-state index contributed by atoms with van der Waals surface area (Å²) in [6.45, 7) is 14.0. The summed E-state index contributed by atoms with van der Waals surface area (Å²) >= 11 is 0. The molecule has 0 spiro atoms. The fraction of sp³-hybridized carbons (Fsp3) is 0.737. The Morgan fingerprint density at radius 2 is 1.84 bits per heavy atom. The lowest BCUT2D eigenvalue weighted by Crippen LogP contribution is -2.30. The van der Waals surface area contributed by atoms with Crippen LogP contribution in [0.2, 0.25) is 0 Å². The van der Waals surface area contributed by atoms with Gasteiger partial charge in [0.05, 0.1) is 5.41 Å². The predicted octanol–water partition coefficient (Wildman–Crippen LogP) is 5.72. The first kappa shape index (κ1) is 24.1. The van der Waals surface area contributed by atoms with Crippen LogP contribution in [0.5, 0.6) is 0 Å². The van der Waals surface area contributed by atoms with E-state index >= 15 is 0 Å². The Labute approximate surface area is 153 Å². The van der Waals surface area contributed by atoms with Gasteiger partial charge >= 0.3 is 13.6 Å². The molecule has 0 fully saturated rings. The van der Waals surface area contributed by atoms with Gasteiger partial charge in [-0.15, -0.1) is 0 Å². The Morgan fingerprint density at radius 3 is 2.28 bits per heavy atom. The van der Waals surface area contributed by atoms with E-state index in [0.29, 0.717) is 18.8 Å². The molecule has 0 aromatic rings. The highest BCUT2D eigenvalue weighted by atomic mass is 31.2. The maximum Gasteiger partial charge on any atom is 0.367 e. The molecule has 0 aromatic carbocycles. The molecule has 0 saturated carbocycles. The summed E-state index contributed by atoms with van der Waals surface area (Å²) in [5.74, 6) is 0.108. The highest BCUT2D eigenvalue weighted by molar-refractivity contribution is 7.53. The minimum absolute atomic E-state index is 0.368. The number of ether oxygens (including phenoxy) is 1. The van der Waals surface area contributed by atoms with Crippen molar-refractivity contribution in [2.75, 3.05) is 20.6 Å². The molecular weight excluding hydrogens is 339 g/mol. The molecule has 6 heteroatoms. The molecule has 0 heterocycles. The number of carbonyl (C=O) groups excluding carboxylic acids is 1. The van der Waals surface area contributed by atoms with Crippen LogP contribution in [-0.4, -0.2) is 26.5 Å². The molecule has 0 amide bonds. The Hall–Kier alpha value is -0.900. The van der Waals surface area contributed by atoms with Crippen molar-refractivity contribution in [1.82, 2.24) is 0 Å². The summed E-state index contributed by atoms with van der Waals surface area (Å²) in [6, 6.07) is 0. The van der Waals surface area contributed by atoms with Gasteiger partial charge in [-0.05, 0) is 52.4 Å². The second-order valence-electron chi connectivity index (χ2n) is 7.00. The minimum atomic E-state index is -3.35. The molecule has 0 radical (unpaired) electrons. The molecule has 25 heavy (non-hydrogen) atoms. The van der Waals surface area contributed by atoms with Gasteiger partial charge in [-0.1, -0.05) is 37.6 Å². The molecule has 2 unspecified atom stereocenters. The van der Waals surface area contributed by atoms with E-state index in [1.54, 1.807) is 0 Å². The lowest BCUT2D eigenvalue weighted by atomic mass is 9.81. The monoisotopic (exact) mass is 374 g/mol. The molecule has 0 N–H and O–H groups in total. The molecule has 146 valence electrons. The summed E-state index contributed by atoms with van der Waals surface area (Å²) in [7, 11) is -0.806. The first-order valence-corrected chi connectivity index (χ1v) is 10.4. The number of esters is 1. The van der Waals surface area contributed by atoms with E-state index in [1.165, 1.54) is 19.8 Å². The summed E-state index contributed by atoms with van der Waals surface area (Å²) in [5.41, 5.74) is 1.68. The SMILES string of the molecule is C=C(C)C(C)CC/C=C(/C)CC(C)(CC)C(=O)OCP(=O)(OC)OC. The average Bonchev–Trinajstić information content (AvgIpc) is 2.58. The molecule has 0 bridgehead atoms. The van der Waals surface area contributed by atoms with E-state index in [0.717, 1.165) is 18.4 Å². The molecular formula is C19H35O5P. The zero-order chi connectivity index (χ0) is 19.7. The largest absolute Gasteiger partial charge is 0.452 e. The van der Waals surface area contributed by atoms with E-state index in [-0.39, 0.29) is 12.3 Å². The van der Waals surface area contributed by atoms with E-state index in [4.69, 9.17) is 13.8 Å². The number of hydrogen-bond donors (Lipinski definition) is 0. The maximum atomic E-state index is 12.5. The number of rotatable bonds is 12. The molecule has 0 saturated heterocycles. The fourth-order valence-electron chi connectivity index (χ4n) is 2.35. The standard InChI is InChI=1S/C19H35O5P/c1-9-19(6,18(20)24-14-25(21,22-7)23-8)13-16(4)11-10-12-17(5)15(2)3/h11,17H,2,9-10,12-14H2,1,3-8H3/b16-11-. The summed E-state index contributed by atoms with van der Waals surface area (Å²) < 4.78 is 26.8. The second-order valence-corrected chi connectivity index (χ2v) is 9.21. The van der Waals surface area contributed by atoms with Crippen LogP contribution in [0.4, 0.5) is 0 Å². The quantitative estimate of drug-likeness (QED) is 0.248. The predicted molar refractivity (Wildman–Crippen MR) is 103 cm³/mol. The van der Waals surface area contributed by atoms with Gasteiger partial charge in [0.25, 0.3) is 0 Å². The number of carbonyl (C=O) groups is 1. The Bertz CT molecular complexity index is 518. The average molecular weight is 374 g/mol. The molecule has 0 aliphatic rings. The third kappa shape index (κ3) is 8.35. The van der Waals surface area contributed by atoms with Crippen LogP contribution in [0, 0.1) is 11.3 Å². The highest BCUT2D eigenvalue weighted by Crippen LogP contribution is 2.46. The van der Waals surface area contributed by atoms with Crippen LogP contribution in [0.15, 0.2) is 23.8 Å². The molecule has 0 rings (SSSR count). The van der Waals surface area contributed by atoms with Crippen LogP contribution in [0.3, 0.4) is 0 Å². The number of allylic oxidation sites excluding steroid dienone is 3. The minimum Gasteiger partial charge on any atom is -0.452 e. The highest BCUT2D eigenvalue weighted by Gasteiger charge is 2.35. The smallest absolute Gasteiger partial charge is 0.367 e. The third-order valence-corrected chi connectivity index (χ3v) is 6.34. The summed E-state index contributed by atoms with van der Waals surface area (Å²) in [6.07, 6.45) is 5.04.